The van der Waals surface area contributed by atoms with E-state index in [4.69, 9.17) is 9.05 Å². The molecular weight excluding hydrogens is 996 g/mol. The minimum absolute atomic E-state index is 0.000760. The molecule has 0 aromatic rings. The number of phosphoric ester groups is 1. The van der Waals surface area contributed by atoms with Gasteiger partial charge in [-0.1, -0.05) is 333 Å². The van der Waals surface area contributed by atoms with Gasteiger partial charge in [0.1, 0.15) is 13.2 Å². The van der Waals surface area contributed by atoms with Gasteiger partial charge in [0, 0.05) is 6.42 Å². The van der Waals surface area contributed by atoms with Crippen LogP contribution in [0.25, 0.3) is 0 Å². The summed E-state index contributed by atoms with van der Waals surface area (Å²) in [6, 6.07) is -0.887. The molecule has 0 aromatic carbocycles. The molecule has 0 aliphatic rings. The van der Waals surface area contributed by atoms with E-state index in [0.717, 1.165) is 44.9 Å². The van der Waals surface area contributed by atoms with Gasteiger partial charge >= 0.3 is 0 Å². The maximum atomic E-state index is 13.0. The lowest BCUT2D eigenvalue weighted by molar-refractivity contribution is -0.870. The SMILES string of the molecule is CCCCCCCCCCC/C=C\C/C=C\CCCCCCCCCCCCCCCCCCCC(=O)NC(COP(=O)([O-])OCC[N+](C)(C)C)C(O)/C=C/CCCCCCCCCCCCCCCCCCCCCCCC. The van der Waals surface area contributed by atoms with E-state index in [2.05, 4.69) is 43.5 Å². The molecule has 0 saturated heterocycles. The summed E-state index contributed by atoms with van der Waals surface area (Å²) in [6.07, 6.45) is 81.2. The summed E-state index contributed by atoms with van der Waals surface area (Å²) < 4.78 is 23.5. The molecule has 0 aliphatic carbocycles. The summed E-state index contributed by atoms with van der Waals surface area (Å²) in [5, 5.41) is 14.0. The Kier molecular flexibility index (Phi) is 60.3. The van der Waals surface area contributed by atoms with Crippen LogP contribution in [0.15, 0.2) is 36.5 Å². The third kappa shape index (κ3) is 64.1. The molecule has 0 heterocycles. The van der Waals surface area contributed by atoms with Crippen molar-refractivity contribution in [1.29, 1.82) is 0 Å². The molecule has 0 spiro atoms. The number of hydrogen-bond acceptors (Lipinski definition) is 6. The van der Waals surface area contributed by atoms with Crippen molar-refractivity contribution in [3.8, 4) is 0 Å². The number of phosphoric acid groups is 1. The maximum absolute atomic E-state index is 13.0. The van der Waals surface area contributed by atoms with Gasteiger partial charge in [0.15, 0.2) is 0 Å². The zero-order valence-corrected chi connectivity index (χ0v) is 54.5. The highest BCUT2D eigenvalue weighted by atomic mass is 31.2. The van der Waals surface area contributed by atoms with Crippen molar-refractivity contribution in [2.75, 3.05) is 40.9 Å². The normalized spacial score (nSPS) is 13.9. The molecule has 2 N–H and O–H groups in total. The number of nitrogens with one attached hydrogen (secondary N) is 1. The molecule has 0 saturated carbocycles. The Bertz CT molecular complexity index is 1380. The van der Waals surface area contributed by atoms with E-state index < -0.39 is 20.0 Å². The molecule has 9 heteroatoms. The number of likely N-dealkylation sites (N-methyl/N-ethyl adjacent to an activating group) is 1. The van der Waals surface area contributed by atoms with Crippen molar-refractivity contribution < 1.29 is 32.9 Å². The third-order valence-corrected chi connectivity index (χ3v) is 17.1. The first-order valence-electron chi connectivity index (χ1n) is 34.9. The van der Waals surface area contributed by atoms with Gasteiger partial charge in [-0.05, 0) is 51.4 Å². The van der Waals surface area contributed by atoms with Crippen LogP contribution < -0.4 is 10.2 Å². The van der Waals surface area contributed by atoms with Crippen molar-refractivity contribution in [3.05, 3.63) is 36.5 Å². The van der Waals surface area contributed by atoms with E-state index in [9.17, 15) is 19.4 Å². The summed E-state index contributed by atoms with van der Waals surface area (Å²) in [7, 11) is 1.28. The van der Waals surface area contributed by atoms with E-state index in [1.54, 1.807) is 6.08 Å². The lowest BCUT2D eigenvalue weighted by Crippen LogP contribution is -2.45. The van der Waals surface area contributed by atoms with Crippen LogP contribution in [-0.2, 0) is 18.4 Å². The van der Waals surface area contributed by atoms with Crippen molar-refractivity contribution >= 4 is 13.7 Å². The van der Waals surface area contributed by atoms with Crippen LogP contribution >= 0.6 is 7.82 Å². The molecule has 0 rings (SSSR count). The van der Waals surface area contributed by atoms with Crippen molar-refractivity contribution in [1.82, 2.24) is 5.32 Å². The van der Waals surface area contributed by atoms with Gasteiger partial charge in [-0.15, -0.1) is 0 Å². The molecule has 3 atom stereocenters. The quantitative estimate of drug-likeness (QED) is 0.0272. The number of unbranched alkanes of at least 4 members (excludes halogenated alkanes) is 48. The van der Waals surface area contributed by atoms with Crippen LogP contribution in [0.5, 0.6) is 0 Å². The Morgan fingerprint density at radius 3 is 1.05 bits per heavy atom. The Labute approximate surface area is 493 Å². The predicted molar refractivity (Wildman–Crippen MR) is 344 cm³/mol. The average molecular weight is 1130 g/mol. The average Bonchev–Trinajstić information content (AvgIpc) is 3.42. The fraction of sp³-hybridized carbons (Fsp3) is 0.900. The summed E-state index contributed by atoms with van der Waals surface area (Å²) in [5.74, 6) is -0.191. The van der Waals surface area contributed by atoms with Crippen molar-refractivity contribution in [2.24, 2.45) is 0 Å². The standard InChI is InChI=1S/C70H137N2O6P/c1-6-8-10-12-14-16-18-20-22-24-26-28-30-32-33-34-35-36-37-38-39-40-42-44-46-48-50-52-54-56-58-60-62-64-70(74)71-68(67-78-79(75,76)77-66-65-72(3,4)5)69(73)63-61-59-57-55-53-51-49-47-45-43-41-31-29-27-25-23-21-19-17-15-13-11-9-7-2/h26,28,32-33,61,63,68-69,73H,6-25,27,29-31,34-60,62,64-67H2,1-5H3,(H-,71,74,75,76)/b28-26-,33-32-,63-61+. The van der Waals surface area contributed by atoms with Crippen LogP contribution in [0.4, 0.5) is 0 Å². The molecular formula is C70H137N2O6P. The van der Waals surface area contributed by atoms with E-state index in [-0.39, 0.29) is 19.1 Å². The molecule has 0 aliphatic heterocycles. The summed E-state index contributed by atoms with van der Waals surface area (Å²) >= 11 is 0. The van der Waals surface area contributed by atoms with E-state index in [1.807, 2.05) is 27.2 Å². The first kappa shape index (κ1) is 77.7. The smallest absolute Gasteiger partial charge is 0.268 e. The second-order valence-electron chi connectivity index (χ2n) is 25.2. The highest BCUT2D eigenvalue weighted by molar-refractivity contribution is 7.45. The van der Waals surface area contributed by atoms with E-state index in [0.29, 0.717) is 17.4 Å². The van der Waals surface area contributed by atoms with Gasteiger partial charge in [0.2, 0.25) is 5.91 Å². The maximum Gasteiger partial charge on any atom is 0.268 e. The Morgan fingerprint density at radius 1 is 0.443 bits per heavy atom. The zero-order chi connectivity index (χ0) is 57.7. The highest BCUT2D eigenvalue weighted by Crippen LogP contribution is 2.38. The first-order valence-corrected chi connectivity index (χ1v) is 36.3. The number of allylic oxidation sites excluding steroid dienone is 5. The molecule has 3 unspecified atom stereocenters. The number of aliphatic hydroxyl groups excluding tert-OH is 1. The lowest BCUT2D eigenvalue weighted by Gasteiger charge is -2.29. The molecule has 8 nitrogen and oxygen atoms in total. The topological polar surface area (TPSA) is 108 Å². The third-order valence-electron chi connectivity index (χ3n) is 16.1. The van der Waals surface area contributed by atoms with Crippen LogP contribution in [-0.4, -0.2) is 68.5 Å². The number of carbonyl (C=O) groups is 1. The largest absolute Gasteiger partial charge is 0.756 e. The van der Waals surface area contributed by atoms with Crippen molar-refractivity contribution in [2.45, 2.75) is 366 Å². The summed E-state index contributed by atoms with van der Waals surface area (Å²) in [4.78, 5) is 25.6. The van der Waals surface area contributed by atoms with E-state index >= 15 is 0 Å². The minimum atomic E-state index is -4.60. The molecule has 0 fully saturated rings. The molecule has 79 heavy (non-hydrogen) atoms. The van der Waals surface area contributed by atoms with Crippen LogP contribution in [0, 0.1) is 0 Å². The van der Waals surface area contributed by atoms with Gasteiger partial charge < -0.3 is 28.8 Å². The Morgan fingerprint density at radius 2 is 0.734 bits per heavy atom. The Hall–Kier alpha value is -1.28. The number of nitrogens with zero attached hydrogens (tertiary/aromatic N) is 1. The number of hydrogen-bond donors (Lipinski definition) is 2. The van der Waals surface area contributed by atoms with Crippen LogP contribution in [0.2, 0.25) is 0 Å². The van der Waals surface area contributed by atoms with Crippen LogP contribution in [0.1, 0.15) is 354 Å². The minimum Gasteiger partial charge on any atom is -0.756 e. The molecule has 1 amide bonds. The predicted octanol–water partition coefficient (Wildman–Crippen LogP) is 21.4. The molecule has 0 bridgehead atoms. The second kappa shape index (κ2) is 61.3. The van der Waals surface area contributed by atoms with Gasteiger partial charge in [-0.3, -0.25) is 9.36 Å². The fourth-order valence-corrected chi connectivity index (χ4v) is 11.4. The summed E-state index contributed by atoms with van der Waals surface area (Å²) in [6.45, 7) is 4.71. The van der Waals surface area contributed by atoms with Gasteiger partial charge in [0.25, 0.3) is 7.82 Å². The van der Waals surface area contributed by atoms with Gasteiger partial charge in [-0.2, -0.15) is 0 Å². The van der Waals surface area contributed by atoms with Crippen LogP contribution in [0.3, 0.4) is 0 Å². The second-order valence-corrected chi connectivity index (χ2v) is 26.7. The molecule has 0 aromatic heterocycles. The fourth-order valence-electron chi connectivity index (χ4n) is 10.7. The molecule has 468 valence electrons. The highest BCUT2D eigenvalue weighted by Gasteiger charge is 2.23. The molecule has 0 radical (unpaired) electrons. The number of quaternary nitrogens is 1. The summed E-state index contributed by atoms with van der Waals surface area (Å²) in [5.41, 5.74) is 0. The number of carbonyl (C=O) groups excluding carboxylic acids is 1. The van der Waals surface area contributed by atoms with Gasteiger partial charge in [-0.25, -0.2) is 0 Å². The monoisotopic (exact) mass is 1130 g/mol. The van der Waals surface area contributed by atoms with E-state index in [1.165, 1.54) is 289 Å². The zero-order valence-electron chi connectivity index (χ0n) is 53.6. The lowest BCUT2D eigenvalue weighted by atomic mass is 10.0. The number of rotatable bonds is 65. The first-order chi connectivity index (χ1) is 38.5. The van der Waals surface area contributed by atoms with Crippen molar-refractivity contribution in [3.63, 3.8) is 0 Å². The Balaban J connectivity index is 4.04. The van der Waals surface area contributed by atoms with Gasteiger partial charge in [0.05, 0.1) is 39.9 Å². The number of aliphatic hydroxyl groups is 1. The number of amides is 1.